The number of anilines is 1. The monoisotopic (exact) mass is 940 g/mol. The predicted molar refractivity (Wildman–Crippen MR) is 243 cm³/mol. The Morgan fingerprint density at radius 3 is 1.67 bits per heavy atom. The molecule has 1 aliphatic heterocycles. The average molecular weight is 940 g/mol. The number of nitrogens with zero attached hydrogens (tertiary/aromatic N) is 2. The van der Waals surface area contributed by atoms with Crippen LogP contribution in [-0.2, 0) is 41.5 Å². The molecule has 0 radical (unpaired) electrons. The third kappa shape index (κ3) is 27.5. The topological polar surface area (TPSA) is 248 Å². The van der Waals surface area contributed by atoms with Gasteiger partial charge in [0, 0.05) is 19.2 Å². The molecule has 1 saturated heterocycles. The van der Waals surface area contributed by atoms with E-state index in [0.29, 0.717) is 13.0 Å². The summed E-state index contributed by atoms with van der Waals surface area (Å²) in [6.45, 7) is 3.13. The molecule has 3 unspecified atom stereocenters. The zero-order chi connectivity index (χ0) is 46.2. The quantitative estimate of drug-likeness (QED) is 0.0233. The third-order valence-electron chi connectivity index (χ3n) is 11.2. The molecule has 0 bridgehead atoms. The molecule has 0 aliphatic carbocycles. The highest BCUT2D eigenvalue weighted by molar-refractivity contribution is 7.61. The maximum Gasteiger partial charge on any atom is 0.481 e. The van der Waals surface area contributed by atoms with Gasteiger partial charge in [-0.1, -0.05) is 174 Å². The number of nitrogens with two attached hydrogens (primary N) is 1. The maximum absolute atomic E-state index is 12.8. The molecule has 0 spiro atoms. The lowest BCUT2D eigenvalue weighted by atomic mass is 10.0. The number of aliphatic hydroxyl groups excluding tert-OH is 2. The Morgan fingerprint density at radius 1 is 0.714 bits per heavy atom. The van der Waals surface area contributed by atoms with Gasteiger partial charge in [-0.3, -0.25) is 18.4 Å². The van der Waals surface area contributed by atoms with E-state index >= 15 is 0 Å². The Labute approximate surface area is 376 Å². The van der Waals surface area contributed by atoms with Gasteiger partial charge in [-0.2, -0.15) is 9.29 Å². The van der Waals surface area contributed by atoms with Crippen LogP contribution in [0.3, 0.4) is 0 Å². The molecule has 7 atom stereocenters. The number of carbonyl (C=O) groups is 1. The minimum atomic E-state index is -5.35. The maximum atomic E-state index is 12.8. The summed E-state index contributed by atoms with van der Waals surface area (Å²) in [5.41, 5.74) is 4.61. The molecule has 1 fully saturated rings. The molecule has 0 amide bonds. The number of aliphatic hydroxyl groups is 2. The van der Waals surface area contributed by atoms with Gasteiger partial charge in [-0.05, 0) is 18.9 Å². The first-order valence-electron chi connectivity index (χ1n) is 24.1. The number of unbranched alkanes of at least 4 members (excludes halogenated alkanes) is 25. The van der Waals surface area contributed by atoms with Crippen LogP contribution >= 0.6 is 15.6 Å². The standard InChI is InChI=1S/C44H83N3O14P2/c1-3-5-7-9-11-13-15-17-19-21-23-25-27-29-33-56-34-37(59-40(48)30-28-26-24-22-20-18-16-14-12-10-8-6-4-2)35-57-62(52,53)61-63(54,55)58-36-38-41(49)42(50)43(60-38)47-32-31-39(45)46-44(47)51/h31-32,37-38,41-43,49-50H,3-30,33-36H2,1-2H3,(H,52,53)(H,54,55)(H2,45,46,51)/t37?,38-,41-,42+,43-/m1/s1. The number of rotatable bonds is 41. The summed E-state index contributed by atoms with van der Waals surface area (Å²) in [5.74, 6) is -0.607. The molecule has 0 saturated carbocycles. The van der Waals surface area contributed by atoms with Crippen LogP contribution in [0, 0.1) is 0 Å². The largest absolute Gasteiger partial charge is 0.481 e. The minimum absolute atomic E-state index is 0.0829. The number of aromatic nitrogens is 2. The van der Waals surface area contributed by atoms with Crippen molar-refractivity contribution in [3.8, 4) is 0 Å². The number of phosphoric ester groups is 2. The third-order valence-corrected chi connectivity index (χ3v) is 13.8. The van der Waals surface area contributed by atoms with Gasteiger partial charge in [0.15, 0.2) is 6.23 Å². The van der Waals surface area contributed by atoms with Crippen molar-refractivity contribution in [1.29, 1.82) is 0 Å². The Balaban J connectivity index is 1.77. The summed E-state index contributed by atoms with van der Waals surface area (Å²) in [4.78, 5) is 49.2. The normalized spacial score (nSPS) is 20.1. The molecule has 0 aromatic carbocycles. The smallest absolute Gasteiger partial charge is 0.457 e. The van der Waals surface area contributed by atoms with E-state index in [1.165, 1.54) is 134 Å². The fraction of sp³-hybridized carbons (Fsp3) is 0.886. The first-order chi connectivity index (χ1) is 30.3. The molecule has 2 rings (SSSR count). The van der Waals surface area contributed by atoms with Crippen LogP contribution < -0.4 is 11.4 Å². The molecule has 1 aromatic rings. The van der Waals surface area contributed by atoms with Crippen LogP contribution in [0.2, 0.25) is 0 Å². The summed E-state index contributed by atoms with van der Waals surface area (Å²) in [5, 5.41) is 20.9. The van der Waals surface area contributed by atoms with E-state index in [1.54, 1.807) is 0 Å². The van der Waals surface area contributed by atoms with E-state index < -0.39 is 71.2 Å². The lowest BCUT2D eigenvalue weighted by Crippen LogP contribution is -2.36. The van der Waals surface area contributed by atoms with E-state index in [1.807, 2.05) is 0 Å². The van der Waals surface area contributed by atoms with Crippen LogP contribution in [-0.4, -0.2) is 86.4 Å². The van der Waals surface area contributed by atoms with E-state index in [0.717, 1.165) is 49.5 Å². The summed E-state index contributed by atoms with van der Waals surface area (Å²) in [6, 6.07) is 1.27. The van der Waals surface area contributed by atoms with Gasteiger partial charge >= 0.3 is 27.3 Å². The SMILES string of the molecule is CCCCCCCCCCCCCCCCOCC(COP(=O)(O)OP(=O)(O)OC[C@H]1O[C@@H](n2ccc(N)nc2=O)[C@@H](O)[C@@H]1O)OC(=O)CCCCCCCCCCCCCCC. The minimum Gasteiger partial charge on any atom is -0.457 e. The highest BCUT2D eigenvalue weighted by atomic mass is 31.3. The number of nitrogen functional groups attached to an aromatic ring is 1. The molecular weight excluding hydrogens is 856 g/mol. The lowest BCUT2D eigenvalue weighted by molar-refractivity contribution is -0.154. The number of esters is 1. The summed E-state index contributed by atoms with van der Waals surface area (Å²) in [6.07, 6.45) is 26.1. The van der Waals surface area contributed by atoms with Crippen molar-refractivity contribution in [2.75, 3.05) is 32.2 Å². The number of ether oxygens (including phenoxy) is 3. The predicted octanol–water partition coefficient (Wildman–Crippen LogP) is 9.59. The molecule has 1 aromatic heterocycles. The number of hydrogen-bond acceptors (Lipinski definition) is 14. The second kappa shape index (κ2) is 34.5. The molecule has 2 heterocycles. The molecule has 1 aliphatic rings. The Bertz CT molecular complexity index is 1490. The van der Waals surface area contributed by atoms with Gasteiger partial charge in [-0.15, -0.1) is 0 Å². The highest BCUT2D eigenvalue weighted by Crippen LogP contribution is 2.60. The fourth-order valence-corrected chi connectivity index (χ4v) is 9.61. The summed E-state index contributed by atoms with van der Waals surface area (Å²) < 4.78 is 57.4. The Morgan fingerprint density at radius 2 is 1.17 bits per heavy atom. The van der Waals surface area contributed by atoms with Crippen molar-refractivity contribution in [2.45, 2.75) is 224 Å². The summed E-state index contributed by atoms with van der Waals surface area (Å²) >= 11 is 0. The number of carbonyl (C=O) groups excluding carboxylic acids is 1. The Hall–Kier alpha value is -1.75. The van der Waals surface area contributed by atoms with Crippen molar-refractivity contribution in [3.05, 3.63) is 22.7 Å². The van der Waals surface area contributed by atoms with E-state index in [-0.39, 0.29) is 18.8 Å². The zero-order valence-corrected chi connectivity index (χ0v) is 40.2. The zero-order valence-electron chi connectivity index (χ0n) is 38.4. The molecule has 6 N–H and O–H groups in total. The van der Waals surface area contributed by atoms with Gasteiger partial charge in [0.05, 0.1) is 19.8 Å². The van der Waals surface area contributed by atoms with Gasteiger partial charge in [0.2, 0.25) is 0 Å². The number of phosphoric acid groups is 2. The van der Waals surface area contributed by atoms with Crippen LogP contribution in [0.25, 0.3) is 0 Å². The first kappa shape index (κ1) is 57.4. The first-order valence-corrected chi connectivity index (χ1v) is 27.1. The Kier molecular flexibility index (Phi) is 31.5. The van der Waals surface area contributed by atoms with Gasteiger partial charge in [0.25, 0.3) is 0 Å². The summed E-state index contributed by atoms with van der Waals surface area (Å²) in [7, 11) is -10.6. The second-order valence-electron chi connectivity index (χ2n) is 17.0. The van der Waals surface area contributed by atoms with Crippen molar-refractivity contribution in [1.82, 2.24) is 9.55 Å². The van der Waals surface area contributed by atoms with Crippen LogP contribution in [0.5, 0.6) is 0 Å². The molecular formula is C44H83N3O14P2. The molecule has 19 heteroatoms. The van der Waals surface area contributed by atoms with Gasteiger partial charge in [-0.25, -0.2) is 13.9 Å². The van der Waals surface area contributed by atoms with E-state index in [4.69, 9.17) is 29.0 Å². The molecule has 63 heavy (non-hydrogen) atoms. The molecule has 17 nitrogen and oxygen atoms in total. The van der Waals surface area contributed by atoms with Gasteiger partial charge < -0.3 is 39.9 Å². The highest BCUT2D eigenvalue weighted by Gasteiger charge is 2.46. The van der Waals surface area contributed by atoms with E-state index in [9.17, 15) is 38.7 Å². The van der Waals surface area contributed by atoms with Crippen molar-refractivity contribution >= 4 is 27.4 Å². The van der Waals surface area contributed by atoms with Crippen molar-refractivity contribution in [3.63, 3.8) is 0 Å². The molecule has 368 valence electrons. The van der Waals surface area contributed by atoms with E-state index in [2.05, 4.69) is 23.1 Å². The van der Waals surface area contributed by atoms with Crippen molar-refractivity contribution in [2.24, 2.45) is 0 Å². The average Bonchev–Trinajstić information content (AvgIpc) is 3.51. The van der Waals surface area contributed by atoms with Crippen LogP contribution in [0.1, 0.15) is 200 Å². The number of hydrogen-bond donors (Lipinski definition) is 5. The second-order valence-corrected chi connectivity index (χ2v) is 20.0. The van der Waals surface area contributed by atoms with Gasteiger partial charge in [0.1, 0.15) is 30.2 Å². The fourth-order valence-electron chi connectivity index (χ4n) is 7.50. The van der Waals surface area contributed by atoms with Crippen LogP contribution in [0.4, 0.5) is 5.82 Å². The van der Waals surface area contributed by atoms with Crippen molar-refractivity contribution < 1.29 is 61.5 Å². The van der Waals surface area contributed by atoms with Crippen LogP contribution in [0.15, 0.2) is 17.1 Å². The lowest BCUT2D eigenvalue weighted by Gasteiger charge is -2.21.